The summed E-state index contributed by atoms with van der Waals surface area (Å²) in [6.45, 7) is 0.818. The number of benzene rings is 2. The molecule has 0 bridgehead atoms. The van der Waals surface area contributed by atoms with Crippen LogP contribution in [0, 0.1) is 0 Å². The molecule has 0 aliphatic rings. The normalized spacial score (nSPS) is 10.1. The standard InChI is InChI=1S/C15H15ClN2S2/c16-12-6-8-13(9-7-12)18-15(19)17-10-11-20-14-4-2-1-3-5-14/h1-9H,10-11H2,(H2,17,18,19). The summed E-state index contributed by atoms with van der Waals surface area (Å²) in [6, 6.07) is 17.8. The Balaban J connectivity index is 1.66. The molecule has 2 nitrogen and oxygen atoms in total. The molecule has 2 aromatic rings. The minimum atomic E-state index is 0.626. The largest absolute Gasteiger partial charge is 0.362 e. The average molecular weight is 323 g/mol. The number of hydrogen-bond donors (Lipinski definition) is 2. The van der Waals surface area contributed by atoms with Gasteiger partial charge in [-0.1, -0.05) is 29.8 Å². The summed E-state index contributed by atoms with van der Waals surface area (Å²) < 4.78 is 0. The van der Waals surface area contributed by atoms with E-state index in [0.29, 0.717) is 10.1 Å². The molecule has 0 heterocycles. The Morgan fingerprint density at radius 2 is 1.75 bits per heavy atom. The fourth-order valence-corrected chi connectivity index (χ4v) is 2.69. The molecule has 0 aliphatic carbocycles. The summed E-state index contributed by atoms with van der Waals surface area (Å²) in [4.78, 5) is 1.27. The molecule has 0 aromatic heterocycles. The zero-order valence-corrected chi connectivity index (χ0v) is 13.2. The van der Waals surface area contributed by atoms with Crippen LogP contribution >= 0.6 is 35.6 Å². The number of hydrogen-bond acceptors (Lipinski definition) is 2. The Bertz CT molecular complexity index is 544. The van der Waals surface area contributed by atoms with Gasteiger partial charge in [-0.3, -0.25) is 0 Å². The molecule has 0 radical (unpaired) electrons. The first kappa shape index (κ1) is 15.2. The molecular weight excluding hydrogens is 308 g/mol. The van der Waals surface area contributed by atoms with E-state index in [9.17, 15) is 0 Å². The topological polar surface area (TPSA) is 24.1 Å². The number of thiocarbonyl (C=S) groups is 1. The average Bonchev–Trinajstić information content (AvgIpc) is 2.47. The molecular formula is C15H15ClN2S2. The molecule has 2 rings (SSSR count). The van der Waals surface area contributed by atoms with E-state index in [1.54, 1.807) is 11.8 Å². The van der Waals surface area contributed by atoms with Crippen molar-refractivity contribution in [2.45, 2.75) is 4.90 Å². The van der Waals surface area contributed by atoms with Crippen molar-refractivity contribution in [1.29, 1.82) is 0 Å². The number of anilines is 1. The first-order chi connectivity index (χ1) is 9.74. The summed E-state index contributed by atoms with van der Waals surface area (Å²) in [6.07, 6.45) is 0. The van der Waals surface area contributed by atoms with Crippen LogP contribution in [0.4, 0.5) is 5.69 Å². The zero-order chi connectivity index (χ0) is 14.2. The van der Waals surface area contributed by atoms with Gasteiger partial charge in [0.25, 0.3) is 0 Å². The van der Waals surface area contributed by atoms with Crippen molar-refractivity contribution in [3.8, 4) is 0 Å². The smallest absolute Gasteiger partial charge is 0.170 e. The van der Waals surface area contributed by atoms with Gasteiger partial charge in [-0.15, -0.1) is 11.8 Å². The van der Waals surface area contributed by atoms with E-state index in [0.717, 1.165) is 18.0 Å². The van der Waals surface area contributed by atoms with Crippen LogP contribution in [-0.4, -0.2) is 17.4 Å². The van der Waals surface area contributed by atoms with Gasteiger partial charge < -0.3 is 10.6 Å². The lowest BCUT2D eigenvalue weighted by Crippen LogP contribution is -2.30. The maximum atomic E-state index is 5.83. The summed E-state index contributed by atoms with van der Waals surface area (Å²) in [7, 11) is 0. The third-order valence-corrected chi connectivity index (χ3v) is 4.01. The molecule has 2 N–H and O–H groups in total. The van der Waals surface area contributed by atoms with Crippen LogP contribution < -0.4 is 10.6 Å². The summed E-state index contributed by atoms with van der Waals surface area (Å²) >= 11 is 12.9. The van der Waals surface area contributed by atoms with Crippen molar-refractivity contribution in [2.75, 3.05) is 17.6 Å². The zero-order valence-electron chi connectivity index (χ0n) is 10.8. The van der Waals surface area contributed by atoms with Crippen molar-refractivity contribution in [2.24, 2.45) is 0 Å². The number of halogens is 1. The Hall–Kier alpha value is -1.23. The van der Waals surface area contributed by atoms with Gasteiger partial charge >= 0.3 is 0 Å². The first-order valence-corrected chi connectivity index (χ1v) is 7.99. The highest BCUT2D eigenvalue weighted by atomic mass is 35.5. The number of thioether (sulfide) groups is 1. The maximum Gasteiger partial charge on any atom is 0.170 e. The van der Waals surface area contributed by atoms with Crippen molar-refractivity contribution in [3.63, 3.8) is 0 Å². The number of rotatable bonds is 5. The van der Waals surface area contributed by atoms with E-state index < -0.39 is 0 Å². The van der Waals surface area contributed by atoms with Gasteiger partial charge in [0.15, 0.2) is 5.11 Å². The first-order valence-electron chi connectivity index (χ1n) is 6.22. The molecule has 0 unspecified atom stereocenters. The van der Waals surface area contributed by atoms with Gasteiger partial charge in [-0.05, 0) is 48.6 Å². The third kappa shape index (κ3) is 5.41. The SMILES string of the molecule is S=C(NCCSc1ccccc1)Nc1ccc(Cl)cc1. The van der Waals surface area contributed by atoms with E-state index in [1.165, 1.54) is 4.90 Å². The van der Waals surface area contributed by atoms with E-state index >= 15 is 0 Å². The summed E-state index contributed by atoms with van der Waals surface area (Å²) in [5.41, 5.74) is 0.933. The Morgan fingerprint density at radius 1 is 1.05 bits per heavy atom. The van der Waals surface area contributed by atoms with Crippen molar-refractivity contribution in [3.05, 3.63) is 59.6 Å². The van der Waals surface area contributed by atoms with Crippen molar-refractivity contribution >= 4 is 46.4 Å². The highest BCUT2D eigenvalue weighted by Gasteiger charge is 1.98. The highest BCUT2D eigenvalue weighted by Crippen LogP contribution is 2.16. The van der Waals surface area contributed by atoms with Gasteiger partial charge in [0, 0.05) is 27.9 Å². The molecule has 5 heteroatoms. The minimum absolute atomic E-state index is 0.626. The molecule has 0 fully saturated rings. The molecule has 0 amide bonds. The van der Waals surface area contributed by atoms with E-state index in [1.807, 2.05) is 42.5 Å². The molecule has 2 aromatic carbocycles. The predicted molar refractivity (Wildman–Crippen MR) is 92.8 cm³/mol. The van der Waals surface area contributed by atoms with Crippen LogP contribution in [0.25, 0.3) is 0 Å². The van der Waals surface area contributed by atoms with Crippen LogP contribution in [-0.2, 0) is 0 Å². The molecule has 0 spiro atoms. The second kappa shape index (κ2) is 8.15. The van der Waals surface area contributed by atoms with Gasteiger partial charge in [0.05, 0.1) is 0 Å². The Morgan fingerprint density at radius 3 is 2.45 bits per heavy atom. The molecule has 0 atom stereocenters. The lowest BCUT2D eigenvalue weighted by Gasteiger charge is -2.10. The molecule has 104 valence electrons. The van der Waals surface area contributed by atoms with E-state index in [-0.39, 0.29) is 0 Å². The van der Waals surface area contributed by atoms with Gasteiger partial charge in [-0.2, -0.15) is 0 Å². The van der Waals surface area contributed by atoms with Crippen LogP contribution in [0.15, 0.2) is 59.5 Å². The minimum Gasteiger partial charge on any atom is -0.362 e. The third-order valence-electron chi connectivity index (χ3n) is 2.50. The van der Waals surface area contributed by atoms with Gasteiger partial charge in [0.2, 0.25) is 0 Å². The van der Waals surface area contributed by atoms with Crippen LogP contribution in [0.3, 0.4) is 0 Å². The monoisotopic (exact) mass is 322 g/mol. The lowest BCUT2D eigenvalue weighted by molar-refractivity contribution is 0.990. The molecule has 0 aliphatic heterocycles. The summed E-state index contributed by atoms with van der Waals surface area (Å²) in [5, 5.41) is 7.65. The van der Waals surface area contributed by atoms with Crippen LogP contribution in [0.1, 0.15) is 0 Å². The molecule has 20 heavy (non-hydrogen) atoms. The number of nitrogens with one attached hydrogen (secondary N) is 2. The second-order valence-corrected chi connectivity index (χ2v) is 6.06. The van der Waals surface area contributed by atoms with E-state index in [4.69, 9.17) is 23.8 Å². The van der Waals surface area contributed by atoms with Crippen LogP contribution in [0.2, 0.25) is 5.02 Å². The maximum absolute atomic E-state index is 5.83. The van der Waals surface area contributed by atoms with Gasteiger partial charge in [-0.25, -0.2) is 0 Å². The quantitative estimate of drug-likeness (QED) is 0.483. The molecule has 0 saturated carbocycles. The Kier molecular flexibility index (Phi) is 6.18. The highest BCUT2D eigenvalue weighted by molar-refractivity contribution is 7.99. The van der Waals surface area contributed by atoms with Crippen molar-refractivity contribution < 1.29 is 0 Å². The fraction of sp³-hybridized carbons (Fsp3) is 0.133. The summed E-state index contributed by atoms with van der Waals surface area (Å²) in [5.74, 6) is 0.965. The van der Waals surface area contributed by atoms with E-state index in [2.05, 4.69) is 22.8 Å². The molecule has 0 saturated heterocycles. The van der Waals surface area contributed by atoms with Crippen molar-refractivity contribution in [1.82, 2.24) is 5.32 Å². The second-order valence-electron chi connectivity index (χ2n) is 4.05. The fourth-order valence-electron chi connectivity index (χ4n) is 1.56. The Labute approximate surface area is 133 Å². The van der Waals surface area contributed by atoms with Gasteiger partial charge in [0.1, 0.15) is 0 Å². The predicted octanol–water partition coefficient (Wildman–Crippen LogP) is 4.42. The lowest BCUT2D eigenvalue weighted by atomic mass is 10.3. The van der Waals surface area contributed by atoms with Crippen LogP contribution in [0.5, 0.6) is 0 Å².